The summed E-state index contributed by atoms with van der Waals surface area (Å²) in [4.78, 5) is 30.3. The highest BCUT2D eigenvalue weighted by molar-refractivity contribution is 5.99. The zero-order valence-corrected chi connectivity index (χ0v) is 13.0. The van der Waals surface area contributed by atoms with Crippen molar-refractivity contribution < 1.29 is 14.0 Å². The maximum atomic E-state index is 13.7. The minimum absolute atomic E-state index is 0.00163. The van der Waals surface area contributed by atoms with Gasteiger partial charge >= 0.3 is 0 Å². The van der Waals surface area contributed by atoms with E-state index in [0.717, 1.165) is 0 Å². The Morgan fingerprint density at radius 1 is 1.23 bits per heavy atom. The fraction of sp³-hybridized carbons (Fsp3) is 0.375. The normalized spacial score (nSPS) is 10.7. The molecule has 0 bridgehead atoms. The Balaban J connectivity index is 2.15. The van der Waals surface area contributed by atoms with E-state index in [2.05, 4.69) is 4.98 Å². The van der Waals surface area contributed by atoms with E-state index in [4.69, 9.17) is 0 Å². The number of amides is 2. The number of halogens is 1. The number of benzene rings is 1. The summed E-state index contributed by atoms with van der Waals surface area (Å²) < 4.78 is 13.7. The lowest BCUT2D eigenvalue weighted by Crippen LogP contribution is -2.41. The Morgan fingerprint density at radius 2 is 1.91 bits per heavy atom. The average Bonchev–Trinajstić information content (AvgIpc) is 2.93. The van der Waals surface area contributed by atoms with E-state index in [0.29, 0.717) is 24.0 Å². The molecule has 118 valence electrons. The molecule has 2 amide bonds. The molecule has 0 unspecified atom stereocenters. The smallest absolute Gasteiger partial charge is 0.270 e. The number of nitrogens with one attached hydrogen (secondary N) is 1. The van der Waals surface area contributed by atoms with Gasteiger partial charge in [-0.25, -0.2) is 4.39 Å². The summed E-state index contributed by atoms with van der Waals surface area (Å²) in [5.74, 6) is -0.825. The number of fused-ring (bicyclic) bond motifs is 1. The molecule has 1 aromatic heterocycles. The van der Waals surface area contributed by atoms with Gasteiger partial charge in [-0.3, -0.25) is 9.59 Å². The second kappa shape index (κ2) is 6.60. The number of H-pyrrole nitrogens is 1. The van der Waals surface area contributed by atoms with Gasteiger partial charge in [-0.1, -0.05) is 6.07 Å². The topological polar surface area (TPSA) is 56.4 Å². The second-order valence-corrected chi connectivity index (χ2v) is 5.11. The molecule has 1 heterocycles. The number of aromatic nitrogens is 1. The van der Waals surface area contributed by atoms with Crippen molar-refractivity contribution in [3.63, 3.8) is 0 Å². The standard InChI is InChI=1S/C16H20FN3O2/c1-4-20(5-2)15(21)10-19(3)16(22)14-9-11-12(17)7-6-8-13(11)18-14/h6-9,18H,4-5,10H2,1-3H3. The summed E-state index contributed by atoms with van der Waals surface area (Å²) in [7, 11) is 1.56. The van der Waals surface area contributed by atoms with Crippen LogP contribution in [0.15, 0.2) is 24.3 Å². The lowest BCUT2D eigenvalue weighted by atomic mass is 10.2. The van der Waals surface area contributed by atoms with Crippen LogP contribution in [-0.2, 0) is 4.79 Å². The van der Waals surface area contributed by atoms with Crippen molar-refractivity contribution in [1.82, 2.24) is 14.8 Å². The zero-order chi connectivity index (χ0) is 16.3. The van der Waals surface area contributed by atoms with Crippen molar-refractivity contribution in [1.29, 1.82) is 0 Å². The van der Waals surface area contributed by atoms with Crippen LogP contribution in [0, 0.1) is 5.82 Å². The highest BCUT2D eigenvalue weighted by Crippen LogP contribution is 2.19. The maximum absolute atomic E-state index is 13.7. The molecule has 0 aliphatic rings. The van der Waals surface area contributed by atoms with Crippen LogP contribution < -0.4 is 0 Å². The van der Waals surface area contributed by atoms with Gasteiger partial charge in [-0.2, -0.15) is 0 Å². The van der Waals surface area contributed by atoms with Gasteiger partial charge in [0.25, 0.3) is 5.91 Å². The second-order valence-electron chi connectivity index (χ2n) is 5.11. The predicted molar refractivity (Wildman–Crippen MR) is 83.1 cm³/mol. The van der Waals surface area contributed by atoms with Gasteiger partial charge in [0, 0.05) is 31.0 Å². The van der Waals surface area contributed by atoms with Gasteiger partial charge in [0.05, 0.1) is 6.54 Å². The van der Waals surface area contributed by atoms with Crippen molar-refractivity contribution in [3.8, 4) is 0 Å². The van der Waals surface area contributed by atoms with Crippen molar-refractivity contribution in [2.75, 3.05) is 26.7 Å². The first-order valence-electron chi connectivity index (χ1n) is 7.28. The third kappa shape index (κ3) is 3.10. The summed E-state index contributed by atoms with van der Waals surface area (Å²) in [5, 5.41) is 0.370. The van der Waals surface area contributed by atoms with Gasteiger partial charge in [0.15, 0.2) is 0 Å². The minimum atomic E-state index is -0.380. The Labute approximate surface area is 128 Å². The van der Waals surface area contributed by atoms with E-state index in [1.807, 2.05) is 13.8 Å². The maximum Gasteiger partial charge on any atom is 0.270 e. The van der Waals surface area contributed by atoms with Crippen LogP contribution in [0.4, 0.5) is 4.39 Å². The number of carbonyl (C=O) groups excluding carboxylic acids is 2. The summed E-state index contributed by atoms with van der Waals surface area (Å²) in [6, 6.07) is 6.11. The Morgan fingerprint density at radius 3 is 2.50 bits per heavy atom. The molecular formula is C16H20FN3O2. The quantitative estimate of drug-likeness (QED) is 0.921. The molecule has 5 nitrogen and oxygen atoms in total. The van der Waals surface area contributed by atoms with E-state index >= 15 is 0 Å². The molecule has 0 saturated carbocycles. The van der Waals surface area contributed by atoms with Crippen molar-refractivity contribution in [2.24, 2.45) is 0 Å². The molecule has 0 fully saturated rings. The SMILES string of the molecule is CCN(CC)C(=O)CN(C)C(=O)c1cc2c(F)cccc2[nH]1. The predicted octanol–water partition coefficient (Wildman–Crippen LogP) is 2.25. The van der Waals surface area contributed by atoms with E-state index in [9.17, 15) is 14.0 Å². The van der Waals surface area contributed by atoms with E-state index in [-0.39, 0.29) is 29.9 Å². The van der Waals surface area contributed by atoms with E-state index < -0.39 is 0 Å². The van der Waals surface area contributed by atoms with E-state index in [1.165, 1.54) is 17.0 Å². The first-order valence-corrected chi connectivity index (χ1v) is 7.28. The van der Waals surface area contributed by atoms with Gasteiger partial charge < -0.3 is 14.8 Å². The zero-order valence-electron chi connectivity index (χ0n) is 13.0. The summed E-state index contributed by atoms with van der Waals surface area (Å²) in [5.41, 5.74) is 0.835. The number of hydrogen-bond donors (Lipinski definition) is 1. The number of nitrogens with zero attached hydrogens (tertiary/aromatic N) is 2. The average molecular weight is 305 g/mol. The fourth-order valence-electron chi connectivity index (χ4n) is 2.39. The van der Waals surface area contributed by atoms with E-state index in [1.54, 1.807) is 24.1 Å². The van der Waals surface area contributed by atoms with Crippen LogP contribution in [-0.4, -0.2) is 53.3 Å². The van der Waals surface area contributed by atoms with Crippen LogP contribution in [0.3, 0.4) is 0 Å². The lowest BCUT2D eigenvalue weighted by molar-refractivity contribution is -0.131. The summed E-state index contributed by atoms with van der Waals surface area (Å²) in [6.45, 7) is 5.00. The third-order valence-electron chi connectivity index (χ3n) is 3.68. The summed E-state index contributed by atoms with van der Waals surface area (Å²) in [6.07, 6.45) is 0. The van der Waals surface area contributed by atoms with Crippen LogP contribution in [0.2, 0.25) is 0 Å². The molecule has 0 aliphatic carbocycles. The fourth-order valence-corrected chi connectivity index (χ4v) is 2.39. The van der Waals surface area contributed by atoms with Crippen molar-refractivity contribution in [2.45, 2.75) is 13.8 Å². The monoisotopic (exact) mass is 305 g/mol. The molecule has 0 saturated heterocycles. The van der Waals surface area contributed by atoms with Crippen LogP contribution in [0.5, 0.6) is 0 Å². The number of rotatable bonds is 5. The number of aromatic amines is 1. The molecule has 1 aromatic carbocycles. The Kier molecular flexibility index (Phi) is 4.80. The molecular weight excluding hydrogens is 285 g/mol. The van der Waals surface area contributed by atoms with Gasteiger partial charge in [0.1, 0.15) is 11.5 Å². The van der Waals surface area contributed by atoms with Crippen molar-refractivity contribution >= 4 is 22.7 Å². The highest BCUT2D eigenvalue weighted by Gasteiger charge is 2.19. The molecule has 2 aromatic rings. The molecule has 22 heavy (non-hydrogen) atoms. The number of carbonyl (C=O) groups is 2. The summed E-state index contributed by atoms with van der Waals surface area (Å²) >= 11 is 0. The largest absolute Gasteiger partial charge is 0.350 e. The molecule has 0 spiro atoms. The molecule has 2 rings (SSSR count). The molecule has 1 N–H and O–H groups in total. The third-order valence-corrected chi connectivity index (χ3v) is 3.68. The molecule has 6 heteroatoms. The Bertz CT molecular complexity index is 692. The molecule has 0 atom stereocenters. The van der Waals surface area contributed by atoms with Gasteiger partial charge in [-0.05, 0) is 32.0 Å². The minimum Gasteiger partial charge on any atom is -0.350 e. The first kappa shape index (κ1) is 16.0. The van der Waals surface area contributed by atoms with Gasteiger partial charge in [-0.15, -0.1) is 0 Å². The molecule has 0 aliphatic heterocycles. The first-order chi connectivity index (χ1) is 10.5. The number of likely N-dealkylation sites (N-methyl/N-ethyl adjacent to an activating group) is 2. The highest BCUT2D eigenvalue weighted by atomic mass is 19.1. The van der Waals surface area contributed by atoms with Crippen LogP contribution in [0.25, 0.3) is 10.9 Å². The van der Waals surface area contributed by atoms with Crippen LogP contribution >= 0.6 is 0 Å². The van der Waals surface area contributed by atoms with Crippen molar-refractivity contribution in [3.05, 3.63) is 35.8 Å². The van der Waals surface area contributed by atoms with Gasteiger partial charge in [0.2, 0.25) is 5.91 Å². The number of hydrogen-bond acceptors (Lipinski definition) is 2. The molecule has 0 radical (unpaired) electrons. The van der Waals surface area contributed by atoms with Crippen LogP contribution in [0.1, 0.15) is 24.3 Å². The Hall–Kier alpha value is -2.37. The lowest BCUT2D eigenvalue weighted by Gasteiger charge is -2.22.